The number of anilines is 1. The SMILES string of the molecule is CC1CCCC(CO)(NS(=O)(=O)Cc2ccc(N)cc2)C1. The molecule has 0 aliphatic heterocycles. The number of nitrogens with two attached hydrogens (primary N) is 1. The van der Waals surface area contributed by atoms with Gasteiger partial charge >= 0.3 is 0 Å². The standard InChI is InChI=1S/C15H24N2O3S/c1-12-3-2-8-15(9-12,11-18)17-21(19,20)10-13-4-6-14(16)7-5-13/h4-7,12,17-18H,2-3,8-11,16H2,1H3. The number of sulfonamides is 1. The highest BCUT2D eigenvalue weighted by molar-refractivity contribution is 7.88. The lowest BCUT2D eigenvalue weighted by Crippen LogP contribution is -2.53. The topological polar surface area (TPSA) is 92.4 Å². The van der Waals surface area contributed by atoms with Crippen molar-refractivity contribution in [3.8, 4) is 0 Å². The molecule has 1 aromatic carbocycles. The molecule has 0 spiro atoms. The lowest BCUT2D eigenvalue weighted by Gasteiger charge is -2.39. The van der Waals surface area contributed by atoms with Crippen LogP contribution in [-0.2, 0) is 15.8 Å². The summed E-state index contributed by atoms with van der Waals surface area (Å²) in [6.45, 7) is 1.94. The highest BCUT2D eigenvalue weighted by Gasteiger charge is 2.37. The zero-order chi connectivity index (χ0) is 15.5. The average Bonchev–Trinajstić information content (AvgIpc) is 2.40. The minimum atomic E-state index is -3.49. The molecule has 1 aliphatic carbocycles. The van der Waals surface area contributed by atoms with Crippen LogP contribution in [0, 0.1) is 5.92 Å². The largest absolute Gasteiger partial charge is 0.399 e. The smallest absolute Gasteiger partial charge is 0.216 e. The second-order valence-electron chi connectivity index (χ2n) is 6.24. The van der Waals surface area contributed by atoms with Crippen molar-refractivity contribution >= 4 is 15.7 Å². The first kappa shape index (κ1) is 16.3. The Morgan fingerprint density at radius 1 is 1.38 bits per heavy atom. The fourth-order valence-corrected chi connectivity index (χ4v) is 4.74. The van der Waals surface area contributed by atoms with E-state index in [2.05, 4.69) is 11.6 Å². The zero-order valence-corrected chi connectivity index (χ0v) is 13.2. The van der Waals surface area contributed by atoms with Crippen LogP contribution in [0.3, 0.4) is 0 Å². The van der Waals surface area contributed by atoms with Crippen LogP contribution in [0.25, 0.3) is 0 Å². The summed E-state index contributed by atoms with van der Waals surface area (Å²) >= 11 is 0. The van der Waals surface area contributed by atoms with E-state index in [1.165, 1.54) is 0 Å². The summed E-state index contributed by atoms with van der Waals surface area (Å²) in [6.07, 6.45) is 3.40. The molecule has 4 N–H and O–H groups in total. The Kier molecular flexibility index (Phi) is 4.91. The number of rotatable bonds is 5. The second kappa shape index (κ2) is 6.34. The van der Waals surface area contributed by atoms with Crippen LogP contribution >= 0.6 is 0 Å². The van der Waals surface area contributed by atoms with Gasteiger partial charge in [-0.1, -0.05) is 31.9 Å². The van der Waals surface area contributed by atoms with Gasteiger partial charge in [0.05, 0.1) is 17.9 Å². The molecule has 1 fully saturated rings. The molecular weight excluding hydrogens is 288 g/mol. The van der Waals surface area contributed by atoms with E-state index in [9.17, 15) is 13.5 Å². The maximum atomic E-state index is 12.4. The Labute approximate surface area is 126 Å². The van der Waals surface area contributed by atoms with Crippen molar-refractivity contribution in [3.05, 3.63) is 29.8 Å². The summed E-state index contributed by atoms with van der Waals surface area (Å²) in [4.78, 5) is 0. The van der Waals surface area contributed by atoms with Crippen LogP contribution in [0.2, 0.25) is 0 Å². The van der Waals surface area contributed by atoms with Gasteiger partial charge in [0.15, 0.2) is 0 Å². The number of nitrogen functional groups attached to an aromatic ring is 1. The molecule has 0 heterocycles. The van der Waals surface area contributed by atoms with Crippen LogP contribution < -0.4 is 10.5 Å². The monoisotopic (exact) mass is 312 g/mol. The van der Waals surface area contributed by atoms with E-state index in [1.807, 2.05) is 0 Å². The molecule has 118 valence electrons. The molecule has 0 saturated heterocycles. The van der Waals surface area contributed by atoms with Crippen molar-refractivity contribution in [1.82, 2.24) is 4.72 Å². The van der Waals surface area contributed by atoms with E-state index < -0.39 is 15.6 Å². The lowest BCUT2D eigenvalue weighted by atomic mass is 9.78. The van der Waals surface area contributed by atoms with Crippen molar-refractivity contribution in [3.63, 3.8) is 0 Å². The number of hydrogen-bond donors (Lipinski definition) is 3. The molecule has 5 nitrogen and oxygen atoms in total. The number of nitrogens with one attached hydrogen (secondary N) is 1. The minimum absolute atomic E-state index is 0.0938. The van der Waals surface area contributed by atoms with Gasteiger partial charge in [-0.15, -0.1) is 0 Å². The van der Waals surface area contributed by atoms with E-state index >= 15 is 0 Å². The lowest BCUT2D eigenvalue weighted by molar-refractivity contribution is 0.119. The summed E-state index contributed by atoms with van der Waals surface area (Å²) in [6, 6.07) is 6.80. The van der Waals surface area contributed by atoms with Crippen LogP contribution in [0.5, 0.6) is 0 Å². The molecule has 1 aliphatic rings. The molecular formula is C15H24N2O3S. The molecule has 0 bridgehead atoms. The van der Waals surface area contributed by atoms with Gasteiger partial charge in [0.1, 0.15) is 0 Å². The molecule has 21 heavy (non-hydrogen) atoms. The van der Waals surface area contributed by atoms with Gasteiger partial charge in [0.2, 0.25) is 10.0 Å². The number of aliphatic hydroxyl groups is 1. The summed E-state index contributed by atoms with van der Waals surface area (Å²) in [5.41, 5.74) is 6.19. The van der Waals surface area contributed by atoms with Gasteiger partial charge < -0.3 is 10.8 Å². The van der Waals surface area contributed by atoms with Crippen molar-refractivity contribution in [1.29, 1.82) is 0 Å². The maximum Gasteiger partial charge on any atom is 0.216 e. The second-order valence-corrected chi connectivity index (χ2v) is 7.96. The molecule has 1 aromatic rings. The first-order valence-electron chi connectivity index (χ1n) is 7.31. The molecule has 2 unspecified atom stereocenters. The van der Waals surface area contributed by atoms with Gasteiger partial charge in [-0.3, -0.25) is 0 Å². The van der Waals surface area contributed by atoms with Crippen LogP contribution in [-0.4, -0.2) is 25.7 Å². The Morgan fingerprint density at radius 3 is 2.62 bits per heavy atom. The Hall–Kier alpha value is -1.11. The van der Waals surface area contributed by atoms with E-state index in [-0.39, 0.29) is 12.4 Å². The first-order valence-corrected chi connectivity index (χ1v) is 8.96. The van der Waals surface area contributed by atoms with Crippen LogP contribution in [0.15, 0.2) is 24.3 Å². The van der Waals surface area contributed by atoms with Gasteiger partial charge in [-0.25, -0.2) is 13.1 Å². The zero-order valence-electron chi connectivity index (χ0n) is 12.4. The van der Waals surface area contributed by atoms with E-state index in [4.69, 9.17) is 5.73 Å². The summed E-state index contributed by atoms with van der Waals surface area (Å²) in [7, 11) is -3.49. The van der Waals surface area contributed by atoms with Crippen molar-refractivity contribution in [2.45, 2.75) is 43.9 Å². The number of hydrogen-bond acceptors (Lipinski definition) is 4. The fraction of sp³-hybridized carbons (Fsp3) is 0.600. The highest BCUT2D eigenvalue weighted by atomic mass is 32.2. The third-order valence-corrected chi connectivity index (χ3v) is 5.56. The first-order chi connectivity index (χ1) is 9.84. The van der Waals surface area contributed by atoms with Gasteiger partial charge in [-0.05, 0) is 36.5 Å². The summed E-state index contributed by atoms with van der Waals surface area (Å²) in [5, 5.41) is 9.68. The third kappa shape index (κ3) is 4.43. The fourth-order valence-electron chi connectivity index (χ4n) is 3.13. The average molecular weight is 312 g/mol. The Bertz CT molecular complexity index is 571. The molecule has 1 saturated carbocycles. The predicted octanol–water partition coefficient (Wildman–Crippen LogP) is 1.63. The van der Waals surface area contributed by atoms with Crippen molar-refractivity contribution < 1.29 is 13.5 Å². The van der Waals surface area contributed by atoms with Crippen LogP contribution in [0.4, 0.5) is 5.69 Å². The summed E-state index contributed by atoms with van der Waals surface area (Å²) in [5.74, 6) is 0.328. The predicted molar refractivity (Wildman–Crippen MR) is 84.1 cm³/mol. The molecule has 6 heteroatoms. The molecule has 0 amide bonds. The van der Waals surface area contributed by atoms with Crippen molar-refractivity contribution in [2.75, 3.05) is 12.3 Å². The number of benzene rings is 1. The maximum absolute atomic E-state index is 12.4. The molecule has 2 rings (SSSR count). The van der Waals surface area contributed by atoms with E-state index in [0.717, 1.165) is 12.8 Å². The van der Waals surface area contributed by atoms with E-state index in [0.29, 0.717) is 30.0 Å². The molecule has 0 aromatic heterocycles. The van der Waals surface area contributed by atoms with Gasteiger partial charge in [-0.2, -0.15) is 0 Å². The van der Waals surface area contributed by atoms with Gasteiger partial charge in [0, 0.05) is 5.69 Å². The summed E-state index contributed by atoms with van der Waals surface area (Å²) < 4.78 is 27.5. The minimum Gasteiger partial charge on any atom is -0.399 e. The Morgan fingerprint density at radius 2 is 2.05 bits per heavy atom. The quantitative estimate of drug-likeness (QED) is 0.721. The molecule has 2 atom stereocenters. The van der Waals surface area contributed by atoms with Crippen molar-refractivity contribution in [2.24, 2.45) is 5.92 Å². The van der Waals surface area contributed by atoms with Gasteiger partial charge in [0.25, 0.3) is 0 Å². The number of aliphatic hydroxyl groups excluding tert-OH is 1. The third-order valence-electron chi connectivity index (χ3n) is 4.10. The molecule has 0 radical (unpaired) electrons. The van der Waals surface area contributed by atoms with E-state index in [1.54, 1.807) is 24.3 Å². The van der Waals surface area contributed by atoms with Crippen LogP contribution in [0.1, 0.15) is 38.2 Å². The highest BCUT2D eigenvalue weighted by Crippen LogP contribution is 2.32. The Balaban J connectivity index is 2.10. The normalized spacial score (nSPS) is 26.7.